The zero-order chi connectivity index (χ0) is 24.4. The highest BCUT2D eigenvalue weighted by molar-refractivity contribution is 5.76. The van der Waals surface area contributed by atoms with Crippen molar-refractivity contribution in [2.24, 2.45) is 5.92 Å². The predicted octanol–water partition coefficient (Wildman–Crippen LogP) is 3.92. The number of aliphatic hydroxyl groups is 1. The third kappa shape index (κ3) is 3.25. The first kappa shape index (κ1) is 23.4. The van der Waals surface area contributed by atoms with E-state index in [0.717, 1.165) is 43.5 Å². The van der Waals surface area contributed by atoms with E-state index in [9.17, 15) is 15.0 Å². The van der Waals surface area contributed by atoms with Crippen LogP contribution < -0.4 is 4.74 Å². The van der Waals surface area contributed by atoms with Crippen molar-refractivity contribution in [1.29, 1.82) is 0 Å². The molecule has 1 amide bonds. The summed E-state index contributed by atoms with van der Waals surface area (Å²) < 4.78 is 6.61. The first-order valence-corrected chi connectivity index (χ1v) is 13.8. The van der Waals surface area contributed by atoms with Gasteiger partial charge < -0.3 is 19.8 Å². The molecule has 2 bridgehead atoms. The van der Waals surface area contributed by atoms with E-state index < -0.39 is 11.0 Å². The van der Waals surface area contributed by atoms with Crippen molar-refractivity contribution in [1.82, 2.24) is 9.80 Å². The Morgan fingerprint density at radius 2 is 2.06 bits per heavy atom. The van der Waals surface area contributed by atoms with Crippen molar-refractivity contribution in [3.63, 3.8) is 0 Å². The van der Waals surface area contributed by atoms with E-state index in [1.165, 1.54) is 32.1 Å². The van der Waals surface area contributed by atoms with Crippen LogP contribution in [0.3, 0.4) is 0 Å². The third-order valence-electron chi connectivity index (χ3n) is 10.3. The SMILES string of the molecule is C=CCN1CC[C@]23c4c5ccc(O)c4O[C@H]2[C@@H](N(C)C(=O)CCC2CCCCC2)CC[C@@]3(O)[C@H]1C5. The molecular formula is C29H40N2O4. The molecule has 0 radical (unpaired) electrons. The van der Waals surface area contributed by atoms with Crippen LogP contribution in [-0.2, 0) is 16.6 Å². The van der Waals surface area contributed by atoms with Crippen LogP contribution in [0.4, 0.5) is 0 Å². The number of likely N-dealkylation sites (tertiary alicyclic amines) is 1. The molecule has 6 nitrogen and oxygen atoms in total. The highest BCUT2D eigenvalue weighted by Crippen LogP contribution is 2.65. The summed E-state index contributed by atoms with van der Waals surface area (Å²) in [5.41, 5.74) is 0.619. The Labute approximate surface area is 208 Å². The number of benzene rings is 1. The summed E-state index contributed by atoms with van der Waals surface area (Å²) in [4.78, 5) is 17.7. The standard InChI is InChI=1S/C29H40N2O4/c1-3-16-31-17-15-28-25-20-10-11-22(32)26(25)35-27(28)21(13-14-29(28,34)23(31)18-20)30(2)24(33)12-9-19-7-5-4-6-8-19/h3,10-11,19,21,23,27,32,34H,1,4-9,12-18H2,2H3/t21-,23+,27-,28-,29+/m0/s1. The van der Waals surface area contributed by atoms with Crippen LogP contribution in [0.15, 0.2) is 24.8 Å². The lowest BCUT2D eigenvalue weighted by atomic mass is 9.48. The number of carbonyl (C=O) groups is 1. The van der Waals surface area contributed by atoms with Gasteiger partial charge in [-0.05, 0) is 56.2 Å². The van der Waals surface area contributed by atoms with E-state index in [1.807, 2.05) is 24.1 Å². The predicted molar refractivity (Wildman–Crippen MR) is 135 cm³/mol. The maximum absolute atomic E-state index is 13.4. The number of likely N-dealkylation sites (N-methyl/N-ethyl adjacent to an activating group) is 1. The molecular weight excluding hydrogens is 440 g/mol. The Hall–Kier alpha value is -2.05. The third-order valence-corrected chi connectivity index (χ3v) is 10.3. The van der Waals surface area contributed by atoms with Gasteiger partial charge in [0.25, 0.3) is 0 Å². The van der Waals surface area contributed by atoms with Crippen LogP contribution in [0, 0.1) is 5.92 Å². The van der Waals surface area contributed by atoms with Crippen LogP contribution in [-0.4, -0.2) is 69.8 Å². The van der Waals surface area contributed by atoms with Gasteiger partial charge in [0, 0.05) is 31.6 Å². The van der Waals surface area contributed by atoms with Crippen molar-refractivity contribution in [3.8, 4) is 11.5 Å². The number of carbonyl (C=O) groups excluding carboxylic acids is 1. The van der Waals surface area contributed by atoms with Crippen molar-refractivity contribution in [2.75, 3.05) is 20.1 Å². The minimum absolute atomic E-state index is 0.0170. The molecule has 2 heterocycles. The van der Waals surface area contributed by atoms with Crippen LogP contribution >= 0.6 is 0 Å². The van der Waals surface area contributed by atoms with Gasteiger partial charge >= 0.3 is 0 Å². The molecule has 6 rings (SSSR count). The molecule has 1 aromatic rings. The number of ether oxygens (including phenoxy) is 1. The molecule has 5 aliphatic rings. The van der Waals surface area contributed by atoms with Gasteiger partial charge in [-0.15, -0.1) is 6.58 Å². The molecule has 2 N–H and O–H groups in total. The van der Waals surface area contributed by atoms with E-state index in [-0.39, 0.29) is 29.8 Å². The fourth-order valence-electron chi connectivity index (χ4n) is 8.55. The number of phenolic OH excluding ortho intramolecular Hbond substituents is 1. The first-order chi connectivity index (χ1) is 16.9. The van der Waals surface area contributed by atoms with Gasteiger partial charge in [0.05, 0.1) is 17.1 Å². The number of nitrogens with zero attached hydrogens (tertiary/aromatic N) is 2. The number of hydrogen-bond acceptors (Lipinski definition) is 5. The number of rotatable bonds is 6. The second-order valence-corrected chi connectivity index (χ2v) is 11.8. The summed E-state index contributed by atoms with van der Waals surface area (Å²) >= 11 is 0. The van der Waals surface area contributed by atoms with E-state index in [4.69, 9.17) is 4.74 Å². The zero-order valence-corrected chi connectivity index (χ0v) is 21.0. The monoisotopic (exact) mass is 480 g/mol. The summed E-state index contributed by atoms with van der Waals surface area (Å²) in [5.74, 6) is 1.54. The first-order valence-electron chi connectivity index (χ1n) is 13.8. The smallest absolute Gasteiger partial charge is 0.222 e. The minimum Gasteiger partial charge on any atom is -0.504 e. The molecule has 6 heteroatoms. The number of hydrogen-bond donors (Lipinski definition) is 2. The summed E-state index contributed by atoms with van der Waals surface area (Å²) in [7, 11) is 1.93. The molecule has 1 aromatic carbocycles. The molecule has 190 valence electrons. The molecule has 0 unspecified atom stereocenters. The van der Waals surface area contributed by atoms with Gasteiger partial charge in [-0.2, -0.15) is 0 Å². The van der Waals surface area contributed by atoms with E-state index in [2.05, 4.69) is 11.5 Å². The number of phenols is 1. The lowest BCUT2D eigenvalue weighted by Crippen LogP contribution is -2.78. The molecule has 3 aliphatic carbocycles. The van der Waals surface area contributed by atoms with Crippen molar-refractivity contribution < 1.29 is 19.7 Å². The summed E-state index contributed by atoms with van der Waals surface area (Å²) in [6, 6.07) is 3.61. The van der Waals surface area contributed by atoms with E-state index >= 15 is 0 Å². The number of aromatic hydroxyl groups is 1. The maximum atomic E-state index is 13.4. The van der Waals surface area contributed by atoms with E-state index in [0.29, 0.717) is 30.9 Å². The fourth-order valence-corrected chi connectivity index (χ4v) is 8.55. The lowest BCUT2D eigenvalue weighted by molar-refractivity contribution is -0.198. The van der Waals surface area contributed by atoms with Crippen molar-refractivity contribution >= 4 is 5.91 Å². The summed E-state index contributed by atoms with van der Waals surface area (Å²) in [5, 5.41) is 23.2. The Bertz CT molecular complexity index is 1020. The molecule has 1 saturated heterocycles. The van der Waals surface area contributed by atoms with Gasteiger partial charge in [-0.1, -0.05) is 44.2 Å². The molecule has 5 atom stereocenters. The Balaban J connectivity index is 1.32. The minimum atomic E-state index is -0.951. The highest BCUT2D eigenvalue weighted by Gasteiger charge is 2.73. The second kappa shape index (κ2) is 8.52. The number of piperidine rings is 1. The topological polar surface area (TPSA) is 73.2 Å². The Kier molecular flexibility index (Phi) is 5.68. The van der Waals surface area contributed by atoms with Crippen LogP contribution in [0.25, 0.3) is 0 Å². The molecule has 2 saturated carbocycles. The van der Waals surface area contributed by atoms with Crippen LogP contribution in [0.1, 0.15) is 75.3 Å². The summed E-state index contributed by atoms with van der Waals surface area (Å²) in [6.45, 7) is 5.54. The van der Waals surface area contributed by atoms with Crippen molar-refractivity contribution in [3.05, 3.63) is 35.9 Å². The fraction of sp³-hybridized carbons (Fsp3) is 0.690. The van der Waals surface area contributed by atoms with Gasteiger partial charge in [0.2, 0.25) is 5.91 Å². The Morgan fingerprint density at radius 3 is 2.83 bits per heavy atom. The average Bonchev–Trinajstić information content (AvgIpc) is 3.22. The van der Waals surface area contributed by atoms with E-state index in [1.54, 1.807) is 6.07 Å². The van der Waals surface area contributed by atoms with Crippen LogP contribution in [0.5, 0.6) is 11.5 Å². The van der Waals surface area contributed by atoms with Gasteiger partial charge in [0.15, 0.2) is 11.5 Å². The van der Waals surface area contributed by atoms with Crippen LogP contribution in [0.2, 0.25) is 0 Å². The average molecular weight is 481 g/mol. The normalized spacial score (nSPS) is 35.8. The van der Waals surface area contributed by atoms with Gasteiger partial charge in [0.1, 0.15) is 6.10 Å². The van der Waals surface area contributed by atoms with Gasteiger partial charge in [-0.3, -0.25) is 9.69 Å². The molecule has 2 aliphatic heterocycles. The molecule has 35 heavy (non-hydrogen) atoms. The Morgan fingerprint density at radius 1 is 1.26 bits per heavy atom. The second-order valence-electron chi connectivity index (χ2n) is 11.8. The molecule has 0 aromatic heterocycles. The lowest BCUT2D eigenvalue weighted by Gasteiger charge is -2.64. The largest absolute Gasteiger partial charge is 0.504 e. The number of amides is 1. The molecule has 3 fully saturated rings. The zero-order valence-electron chi connectivity index (χ0n) is 21.0. The van der Waals surface area contributed by atoms with Crippen molar-refractivity contribution in [2.45, 2.75) is 99.8 Å². The maximum Gasteiger partial charge on any atom is 0.222 e. The highest BCUT2D eigenvalue weighted by atomic mass is 16.5. The molecule has 1 spiro atoms. The quantitative estimate of drug-likeness (QED) is 0.604. The summed E-state index contributed by atoms with van der Waals surface area (Å²) in [6.07, 6.45) is 12.4. The van der Waals surface area contributed by atoms with Gasteiger partial charge in [-0.25, -0.2) is 0 Å².